The second-order valence-corrected chi connectivity index (χ2v) is 7.32. The lowest BCUT2D eigenvalue weighted by molar-refractivity contribution is -0.137. The Morgan fingerprint density at radius 3 is 2.44 bits per heavy atom. The topological polar surface area (TPSA) is 117 Å². The van der Waals surface area contributed by atoms with Gasteiger partial charge in [0.2, 0.25) is 0 Å². The van der Waals surface area contributed by atoms with Crippen LogP contribution in [0.5, 0.6) is 0 Å². The average Bonchev–Trinajstić information content (AvgIpc) is 3.29. The highest BCUT2D eigenvalue weighted by molar-refractivity contribution is 6.34. The molecular weight excluding hydrogens is 469 g/mol. The van der Waals surface area contributed by atoms with Crippen molar-refractivity contribution in [1.29, 1.82) is 0 Å². The van der Waals surface area contributed by atoms with Crippen LogP contribution in [-0.2, 0) is 6.18 Å². The van der Waals surface area contributed by atoms with Gasteiger partial charge in [0.1, 0.15) is 5.69 Å². The highest BCUT2D eigenvalue weighted by atomic mass is 35.5. The van der Waals surface area contributed by atoms with Crippen molar-refractivity contribution in [2.24, 2.45) is 11.7 Å². The van der Waals surface area contributed by atoms with Crippen molar-refractivity contribution in [1.82, 2.24) is 20.1 Å². The summed E-state index contributed by atoms with van der Waals surface area (Å²) in [6.45, 7) is 0. The third kappa shape index (κ3) is 4.46. The molecule has 3 aromatic heterocycles. The van der Waals surface area contributed by atoms with E-state index in [2.05, 4.69) is 31.8 Å². The van der Waals surface area contributed by atoms with Gasteiger partial charge in [-0.1, -0.05) is 28.9 Å². The highest BCUT2D eigenvalue weighted by Gasteiger charge is 2.31. The van der Waals surface area contributed by atoms with E-state index in [0.717, 1.165) is 17.7 Å². The van der Waals surface area contributed by atoms with Crippen molar-refractivity contribution in [3.63, 3.8) is 0 Å². The number of pyridine rings is 1. The number of alkyl halides is 3. The summed E-state index contributed by atoms with van der Waals surface area (Å²) in [5.74, 6) is 8.30. The number of hydrazine groups is 1. The van der Waals surface area contributed by atoms with Gasteiger partial charge in [-0.3, -0.25) is 16.7 Å². The van der Waals surface area contributed by atoms with Gasteiger partial charge in [-0.25, -0.2) is 9.97 Å². The monoisotopic (exact) mass is 484 g/mol. The van der Waals surface area contributed by atoms with Crippen LogP contribution < -0.4 is 11.7 Å². The SMILES string of the molecule is FC(F)(F)c1cccc(-c2noc3c(-c4nccc(-c5cccnc5)n4)c(Cl)ccc23)c1.NN. The fourth-order valence-electron chi connectivity index (χ4n) is 3.39. The first kappa shape index (κ1) is 23.3. The lowest BCUT2D eigenvalue weighted by atomic mass is 10.0. The molecule has 0 fully saturated rings. The molecule has 2 aromatic carbocycles. The molecule has 7 nitrogen and oxygen atoms in total. The van der Waals surface area contributed by atoms with E-state index in [1.165, 1.54) is 6.07 Å². The third-order valence-corrected chi connectivity index (χ3v) is 5.20. The molecule has 11 heteroatoms. The number of hydrogen-bond donors (Lipinski definition) is 2. The Labute approximate surface area is 196 Å². The summed E-state index contributed by atoms with van der Waals surface area (Å²) in [7, 11) is 0. The molecule has 0 atom stereocenters. The zero-order valence-corrected chi connectivity index (χ0v) is 18.0. The smallest absolute Gasteiger partial charge is 0.355 e. The lowest BCUT2D eigenvalue weighted by Gasteiger charge is -2.08. The van der Waals surface area contributed by atoms with Crippen LogP contribution in [0.4, 0.5) is 13.2 Å². The molecule has 0 spiro atoms. The van der Waals surface area contributed by atoms with Crippen LogP contribution in [-0.4, -0.2) is 20.1 Å². The first-order valence-electron chi connectivity index (χ1n) is 9.74. The van der Waals surface area contributed by atoms with Crippen LogP contribution in [0.1, 0.15) is 5.56 Å². The second-order valence-electron chi connectivity index (χ2n) is 6.92. The van der Waals surface area contributed by atoms with Crippen LogP contribution in [0.15, 0.2) is 77.7 Å². The summed E-state index contributed by atoms with van der Waals surface area (Å²) < 4.78 is 45.0. The number of rotatable bonds is 3. The fraction of sp³-hybridized carbons (Fsp3) is 0.0435. The standard InChI is InChI=1S/C23H12ClF3N4O.H4N2/c24-17-7-6-16-20(13-3-1-5-15(11-13)23(25,26)27)31-32-21(16)19(17)22-29-10-8-18(30-22)14-4-2-9-28-12-14;1-2/h1-12H;1-2H2. The van der Waals surface area contributed by atoms with Crippen LogP contribution in [0, 0.1) is 0 Å². The van der Waals surface area contributed by atoms with Crippen LogP contribution in [0.2, 0.25) is 5.02 Å². The first-order chi connectivity index (χ1) is 16.4. The number of nitrogens with two attached hydrogens (primary N) is 2. The molecule has 172 valence electrons. The molecule has 0 aliphatic carbocycles. The van der Waals surface area contributed by atoms with E-state index in [4.69, 9.17) is 16.1 Å². The number of hydrogen-bond acceptors (Lipinski definition) is 7. The van der Waals surface area contributed by atoms with Crippen molar-refractivity contribution >= 4 is 22.6 Å². The maximum atomic E-state index is 13.2. The average molecular weight is 485 g/mol. The summed E-state index contributed by atoms with van der Waals surface area (Å²) in [5.41, 5.74) is 1.89. The molecule has 5 rings (SSSR count). The highest BCUT2D eigenvalue weighted by Crippen LogP contribution is 2.39. The molecule has 3 heterocycles. The zero-order valence-electron chi connectivity index (χ0n) is 17.3. The minimum Gasteiger partial charge on any atom is -0.355 e. The Bertz CT molecular complexity index is 1440. The normalized spacial score (nSPS) is 11.2. The lowest BCUT2D eigenvalue weighted by Crippen LogP contribution is -2.04. The van der Waals surface area contributed by atoms with Crippen LogP contribution in [0.3, 0.4) is 0 Å². The largest absolute Gasteiger partial charge is 0.416 e. The summed E-state index contributed by atoms with van der Waals surface area (Å²) >= 11 is 6.45. The van der Waals surface area contributed by atoms with Gasteiger partial charge >= 0.3 is 6.18 Å². The molecule has 4 N–H and O–H groups in total. The summed E-state index contributed by atoms with van der Waals surface area (Å²) in [6.07, 6.45) is 0.454. The summed E-state index contributed by atoms with van der Waals surface area (Å²) in [6, 6.07) is 13.6. The number of nitrogens with zero attached hydrogens (tertiary/aromatic N) is 4. The Morgan fingerprint density at radius 1 is 0.912 bits per heavy atom. The fourth-order valence-corrected chi connectivity index (χ4v) is 3.63. The maximum absolute atomic E-state index is 13.2. The molecular formula is C23H16ClF3N6O. The van der Waals surface area contributed by atoms with Gasteiger partial charge < -0.3 is 4.52 Å². The Balaban J connectivity index is 0.00000133. The zero-order chi connectivity index (χ0) is 24.3. The molecule has 0 amide bonds. The van der Waals surface area contributed by atoms with Crippen molar-refractivity contribution in [2.45, 2.75) is 6.18 Å². The van der Waals surface area contributed by atoms with E-state index >= 15 is 0 Å². The van der Waals surface area contributed by atoms with Crippen molar-refractivity contribution < 1.29 is 17.7 Å². The number of halogens is 4. The quantitative estimate of drug-likeness (QED) is 0.256. The van der Waals surface area contributed by atoms with Gasteiger partial charge in [-0.2, -0.15) is 13.2 Å². The number of fused-ring (bicyclic) bond motifs is 1. The van der Waals surface area contributed by atoms with Gasteiger partial charge in [0.15, 0.2) is 11.4 Å². The molecule has 0 bridgehead atoms. The second kappa shape index (κ2) is 9.56. The molecule has 0 aliphatic heterocycles. The van der Waals surface area contributed by atoms with E-state index in [1.807, 2.05) is 6.07 Å². The maximum Gasteiger partial charge on any atom is 0.416 e. The van der Waals surface area contributed by atoms with E-state index in [0.29, 0.717) is 27.5 Å². The van der Waals surface area contributed by atoms with E-state index in [9.17, 15) is 13.2 Å². The molecule has 0 radical (unpaired) electrons. The molecule has 34 heavy (non-hydrogen) atoms. The Hall–Kier alpha value is -3.86. The van der Waals surface area contributed by atoms with Crippen LogP contribution in [0.25, 0.3) is 44.9 Å². The predicted molar refractivity (Wildman–Crippen MR) is 122 cm³/mol. The molecule has 0 unspecified atom stereocenters. The van der Waals surface area contributed by atoms with E-state index in [1.54, 1.807) is 48.9 Å². The molecule has 0 saturated carbocycles. The van der Waals surface area contributed by atoms with Gasteiger partial charge in [0.25, 0.3) is 0 Å². The molecule has 5 aromatic rings. The van der Waals surface area contributed by atoms with Crippen molar-refractivity contribution in [3.05, 3.63) is 83.8 Å². The number of benzene rings is 2. The Morgan fingerprint density at radius 2 is 1.71 bits per heavy atom. The van der Waals surface area contributed by atoms with Crippen molar-refractivity contribution in [3.8, 4) is 33.9 Å². The van der Waals surface area contributed by atoms with E-state index < -0.39 is 11.7 Å². The van der Waals surface area contributed by atoms with E-state index in [-0.39, 0.29) is 16.8 Å². The first-order valence-corrected chi connectivity index (χ1v) is 10.1. The number of aromatic nitrogens is 4. The predicted octanol–water partition coefficient (Wildman–Crippen LogP) is 5.50. The minimum atomic E-state index is -4.47. The van der Waals surface area contributed by atoms with Crippen LogP contribution >= 0.6 is 11.6 Å². The summed E-state index contributed by atoms with van der Waals surface area (Å²) in [4.78, 5) is 13.0. The van der Waals surface area contributed by atoms with Gasteiger partial charge in [-0.15, -0.1) is 0 Å². The Kier molecular flexibility index (Phi) is 6.55. The van der Waals surface area contributed by atoms with Gasteiger partial charge in [0.05, 0.1) is 27.2 Å². The summed E-state index contributed by atoms with van der Waals surface area (Å²) in [5, 5.41) is 4.86. The minimum absolute atomic E-state index is 0.271. The third-order valence-electron chi connectivity index (χ3n) is 4.89. The molecule has 0 saturated heterocycles. The van der Waals surface area contributed by atoms with Gasteiger partial charge in [0, 0.05) is 29.7 Å². The molecule has 0 aliphatic rings. The van der Waals surface area contributed by atoms with Gasteiger partial charge in [-0.05, 0) is 42.5 Å². The van der Waals surface area contributed by atoms with Crippen molar-refractivity contribution in [2.75, 3.05) is 0 Å².